The molecule has 170 valence electrons. The lowest BCUT2D eigenvalue weighted by atomic mass is 10.0. The smallest absolute Gasteiger partial charge is 0.248 e. The molecule has 4 rings (SSSR count). The first-order chi connectivity index (χ1) is 16.0. The van der Waals surface area contributed by atoms with E-state index in [-0.39, 0.29) is 11.6 Å². The average Bonchev–Trinajstić information content (AvgIpc) is 3.22. The number of ether oxygens (including phenoxy) is 1. The van der Waals surface area contributed by atoms with Gasteiger partial charge in [-0.05, 0) is 84.5 Å². The fourth-order valence-electron chi connectivity index (χ4n) is 4.13. The highest BCUT2D eigenvalue weighted by molar-refractivity contribution is 6.03. The van der Waals surface area contributed by atoms with Crippen LogP contribution in [0.2, 0.25) is 0 Å². The van der Waals surface area contributed by atoms with Gasteiger partial charge in [0.2, 0.25) is 5.91 Å². The van der Waals surface area contributed by atoms with Gasteiger partial charge < -0.3 is 21.1 Å². The van der Waals surface area contributed by atoms with Gasteiger partial charge >= 0.3 is 0 Å². The van der Waals surface area contributed by atoms with Crippen molar-refractivity contribution in [1.82, 2.24) is 5.32 Å². The van der Waals surface area contributed by atoms with E-state index in [1.807, 2.05) is 18.2 Å². The lowest BCUT2D eigenvalue weighted by Gasteiger charge is -2.14. The molecule has 0 saturated heterocycles. The first-order valence-electron chi connectivity index (χ1n) is 11.0. The van der Waals surface area contributed by atoms with Crippen LogP contribution in [0.15, 0.2) is 66.7 Å². The second-order valence-corrected chi connectivity index (χ2v) is 8.16. The van der Waals surface area contributed by atoms with Crippen molar-refractivity contribution < 1.29 is 13.9 Å². The molecule has 1 atom stereocenters. The Bertz CT molecular complexity index is 1160. The van der Waals surface area contributed by atoms with Crippen LogP contribution in [-0.4, -0.2) is 19.6 Å². The summed E-state index contributed by atoms with van der Waals surface area (Å²) in [5, 5.41) is 6.34. The highest BCUT2D eigenvalue weighted by Gasteiger charge is 2.21. The zero-order valence-electron chi connectivity index (χ0n) is 18.6. The standard InChI is InChI=1S/C27H28FN3O2/c1-33-22-8-2-18(3-9-22)14-15-30-25-11-6-20-16-19(4-10-23(20)25)5-13-27(32)31-26-12-7-21(28)17-24(26)29/h2-5,7-10,12-13,16-17,25,30H,6,11,14-15,29H2,1H3,(H,31,32)/b13-5+. The molecule has 0 bridgehead atoms. The molecule has 0 spiro atoms. The molecule has 1 aliphatic rings. The molecule has 4 N–H and O–H groups in total. The van der Waals surface area contributed by atoms with Crippen LogP contribution in [-0.2, 0) is 17.6 Å². The molecule has 0 aliphatic heterocycles. The molecule has 0 aromatic heterocycles. The molecule has 0 fully saturated rings. The van der Waals surface area contributed by atoms with Gasteiger partial charge in [0.05, 0.1) is 18.5 Å². The number of anilines is 2. The summed E-state index contributed by atoms with van der Waals surface area (Å²) >= 11 is 0. The molecular weight excluding hydrogens is 417 g/mol. The largest absolute Gasteiger partial charge is 0.497 e. The summed E-state index contributed by atoms with van der Waals surface area (Å²) in [5.41, 5.74) is 11.2. The van der Waals surface area contributed by atoms with Crippen LogP contribution in [0.4, 0.5) is 15.8 Å². The van der Waals surface area contributed by atoms with Gasteiger partial charge in [-0.2, -0.15) is 0 Å². The number of methoxy groups -OCH3 is 1. The van der Waals surface area contributed by atoms with Gasteiger partial charge in [0.1, 0.15) is 11.6 Å². The molecule has 0 heterocycles. The minimum Gasteiger partial charge on any atom is -0.497 e. The molecule has 0 saturated carbocycles. The minimum atomic E-state index is -0.437. The normalized spacial score (nSPS) is 14.9. The van der Waals surface area contributed by atoms with Gasteiger partial charge in [-0.25, -0.2) is 4.39 Å². The molecule has 33 heavy (non-hydrogen) atoms. The number of carbonyl (C=O) groups excluding carboxylic acids is 1. The molecular formula is C27H28FN3O2. The lowest BCUT2D eigenvalue weighted by Crippen LogP contribution is -2.21. The molecule has 6 heteroatoms. The Kier molecular flexibility index (Phi) is 7.05. The number of nitrogen functional groups attached to an aromatic ring is 1. The number of benzene rings is 3. The zero-order chi connectivity index (χ0) is 23.2. The Labute approximate surface area is 193 Å². The van der Waals surface area contributed by atoms with E-state index in [0.717, 1.165) is 37.1 Å². The Balaban J connectivity index is 1.31. The van der Waals surface area contributed by atoms with E-state index in [4.69, 9.17) is 10.5 Å². The van der Waals surface area contributed by atoms with E-state index in [2.05, 4.69) is 34.9 Å². The molecule has 3 aromatic rings. The van der Waals surface area contributed by atoms with Gasteiger partial charge in [-0.1, -0.05) is 30.3 Å². The maximum Gasteiger partial charge on any atom is 0.248 e. The number of carbonyl (C=O) groups is 1. The number of fused-ring (bicyclic) bond motifs is 1. The second-order valence-electron chi connectivity index (χ2n) is 8.16. The quantitative estimate of drug-likeness (QED) is 0.341. The average molecular weight is 446 g/mol. The zero-order valence-corrected chi connectivity index (χ0v) is 18.6. The monoisotopic (exact) mass is 445 g/mol. The first-order valence-corrected chi connectivity index (χ1v) is 11.0. The minimum absolute atomic E-state index is 0.194. The van der Waals surface area contributed by atoms with E-state index >= 15 is 0 Å². The van der Waals surface area contributed by atoms with Crippen molar-refractivity contribution in [3.63, 3.8) is 0 Å². The van der Waals surface area contributed by atoms with Crippen molar-refractivity contribution in [2.75, 3.05) is 24.7 Å². The van der Waals surface area contributed by atoms with Crippen molar-refractivity contribution in [2.24, 2.45) is 0 Å². The Morgan fingerprint density at radius 1 is 1.15 bits per heavy atom. The summed E-state index contributed by atoms with van der Waals surface area (Å²) in [6.07, 6.45) is 6.28. The fraction of sp³-hybridized carbons (Fsp3) is 0.222. The van der Waals surface area contributed by atoms with Crippen molar-refractivity contribution in [3.05, 3.63) is 94.8 Å². The molecule has 3 aromatic carbocycles. The molecule has 1 unspecified atom stereocenters. The van der Waals surface area contributed by atoms with Crippen molar-refractivity contribution in [3.8, 4) is 5.75 Å². The van der Waals surface area contributed by atoms with Crippen molar-refractivity contribution >= 4 is 23.4 Å². The predicted molar refractivity (Wildman–Crippen MR) is 131 cm³/mol. The second kappa shape index (κ2) is 10.3. The van der Waals surface area contributed by atoms with Crippen LogP contribution in [0.3, 0.4) is 0 Å². The summed E-state index contributed by atoms with van der Waals surface area (Å²) < 4.78 is 18.4. The van der Waals surface area contributed by atoms with E-state index < -0.39 is 5.82 Å². The van der Waals surface area contributed by atoms with E-state index in [0.29, 0.717) is 11.7 Å². The van der Waals surface area contributed by atoms with Crippen LogP contribution < -0.4 is 21.1 Å². The molecule has 0 radical (unpaired) electrons. The number of rotatable bonds is 8. The van der Waals surface area contributed by atoms with Crippen LogP contribution in [0.25, 0.3) is 6.08 Å². The summed E-state index contributed by atoms with van der Waals surface area (Å²) in [4.78, 5) is 12.2. The predicted octanol–water partition coefficient (Wildman–Crippen LogP) is 4.89. The number of hydrogen-bond donors (Lipinski definition) is 3. The number of nitrogens with one attached hydrogen (secondary N) is 2. The van der Waals surface area contributed by atoms with Gasteiger partial charge in [0.15, 0.2) is 0 Å². The Morgan fingerprint density at radius 3 is 2.73 bits per heavy atom. The highest BCUT2D eigenvalue weighted by atomic mass is 19.1. The highest BCUT2D eigenvalue weighted by Crippen LogP contribution is 2.32. The number of aryl methyl sites for hydroxylation is 1. The maximum absolute atomic E-state index is 13.1. The number of nitrogens with two attached hydrogens (primary N) is 1. The summed E-state index contributed by atoms with van der Waals surface area (Å²) in [7, 11) is 1.67. The van der Waals surface area contributed by atoms with Gasteiger partial charge in [0.25, 0.3) is 0 Å². The van der Waals surface area contributed by atoms with Crippen LogP contribution >= 0.6 is 0 Å². The van der Waals surface area contributed by atoms with Gasteiger partial charge in [0, 0.05) is 12.1 Å². The fourth-order valence-corrected chi connectivity index (χ4v) is 4.13. The Morgan fingerprint density at radius 2 is 1.97 bits per heavy atom. The van der Waals surface area contributed by atoms with Crippen molar-refractivity contribution in [1.29, 1.82) is 0 Å². The number of hydrogen-bond acceptors (Lipinski definition) is 4. The van der Waals surface area contributed by atoms with Crippen molar-refractivity contribution in [2.45, 2.75) is 25.3 Å². The van der Waals surface area contributed by atoms with E-state index in [9.17, 15) is 9.18 Å². The van der Waals surface area contributed by atoms with Gasteiger partial charge in [-0.3, -0.25) is 4.79 Å². The van der Waals surface area contributed by atoms with E-state index in [1.54, 1.807) is 13.2 Å². The van der Waals surface area contributed by atoms with Crippen LogP contribution in [0, 0.1) is 5.82 Å². The topological polar surface area (TPSA) is 76.4 Å². The third-order valence-electron chi connectivity index (χ3n) is 5.91. The van der Waals surface area contributed by atoms with E-state index in [1.165, 1.54) is 41.0 Å². The first kappa shape index (κ1) is 22.6. The SMILES string of the molecule is COc1ccc(CCNC2CCc3cc(/C=C/C(=O)Nc4ccc(F)cc4N)ccc32)cc1. The van der Waals surface area contributed by atoms with Gasteiger partial charge in [-0.15, -0.1) is 0 Å². The summed E-state index contributed by atoms with van der Waals surface area (Å²) in [6.45, 7) is 0.908. The lowest BCUT2D eigenvalue weighted by molar-refractivity contribution is -0.111. The maximum atomic E-state index is 13.1. The van der Waals surface area contributed by atoms with Crippen LogP contribution in [0.5, 0.6) is 5.75 Å². The molecule has 1 aliphatic carbocycles. The summed E-state index contributed by atoms with van der Waals surface area (Å²) in [6, 6.07) is 18.7. The molecule has 1 amide bonds. The Hall–Kier alpha value is -3.64. The number of halogens is 1. The third-order valence-corrected chi connectivity index (χ3v) is 5.91. The summed E-state index contributed by atoms with van der Waals surface area (Å²) in [5.74, 6) is 0.123. The number of amides is 1. The third kappa shape index (κ3) is 5.79. The molecule has 5 nitrogen and oxygen atoms in total. The van der Waals surface area contributed by atoms with Crippen LogP contribution in [0.1, 0.15) is 34.7 Å².